The number of aromatic nitrogens is 1. The predicted molar refractivity (Wildman–Crippen MR) is 102 cm³/mol. The summed E-state index contributed by atoms with van der Waals surface area (Å²) < 4.78 is 14.6. The minimum atomic E-state index is -0.988. The van der Waals surface area contributed by atoms with E-state index in [1.165, 1.54) is 9.60 Å². The highest BCUT2D eigenvalue weighted by atomic mass is 32.1. The second kappa shape index (κ2) is 7.46. The average Bonchev–Trinajstić information content (AvgIpc) is 3.23. The fourth-order valence-electron chi connectivity index (χ4n) is 3.84. The van der Waals surface area contributed by atoms with Gasteiger partial charge in [-0.3, -0.25) is 9.69 Å². The van der Waals surface area contributed by atoms with Crippen molar-refractivity contribution in [3.8, 4) is 0 Å². The number of fused-ring (bicyclic) bond motifs is 1. The summed E-state index contributed by atoms with van der Waals surface area (Å²) in [5, 5.41) is 3.63. The number of anilines is 1. The lowest BCUT2D eigenvalue weighted by Crippen LogP contribution is -2.48. The molecule has 0 saturated carbocycles. The van der Waals surface area contributed by atoms with Crippen molar-refractivity contribution in [3.05, 3.63) is 23.7 Å². The first-order valence-corrected chi connectivity index (χ1v) is 9.98. The Kier molecular flexibility index (Phi) is 5.06. The van der Waals surface area contributed by atoms with Crippen LogP contribution in [0.4, 0.5) is 10.1 Å². The van der Waals surface area contributed by atoms with Gasteiger partial charge in [0.2, 0.25) is 5.91 Å². The van der Waals surface area contributed by atoms with Gasteiger partial charge in [-0.05, 0) is 25.0 Å². The fraction of sp³-hybridized carbons (Fsp3) is 0.556. The second-order valence-corrected chi connectivity index (χ2v) is 8.00. The Morgan fingerprint density at radius 2 is 2.19 bits per heavy atom. The molecule has 0 aliphatic carbocycles. The molecule has 8 heteroatoms. The minimum absolute atomic E-state index is 0.0570. The van der Waals surface area contributed by atoms with Gasteiger partial charge in [0.25, 0.3) is 0 Å². The summed E-state index contributed by atoms with van der Waals surface area (Å²) >= 11 is 1.65. The van der Waals surface area contributed by atoms with Crippen molar-refractivity contribution >= 4 is 33.1 Å². The maximum absolute atomic E-state index is 13.4. The van der Waals surface area contributed by atoms with Gasteiger partial charge in [-0.15, -0.1) is 11.3 Å². The van der Waals surface area contributed by atoms with Crippen LogP contribution in [-0.2, 0) is 4.79 Å². The number of carbonyl (C=O) groups is 1. The van der Waals surface area contributed by atoms with Crippen LogP contribution in [0.5, 0.6) is 0 Å². The normalized spacial score (nSPS) is 25.1. The lowest BCUT2D eigenvalue weighted by molar-refractivity contribution is -0.133. The van der Waals surface area contributed by atoms with Crippen LogP contribution in [0.1, 0.15) is 19.3 Å². The zero-order valence-corrected chi connectivity index (χ0v) is 15.4. The van der Waals surface area contributed by atoms with Crippen LogP contribution >= 0.6 is 11.3 Å². The topological polar surface area (TPSA) is 74.5 Å². The van der Waals surface area contributed by atoms with Crippen molar-refractivity contribution in [3.63, 3.8) is 0 Å². The number of nitrogens with two attached hydrogens (primary N) is 1. The molecule has 1 aromatic carbocycles. The number of piperidine rings is 1. The van der Waals surface area contributed by atoms with Crippen LogP contribution in [-0.4, -0.2) is 65.2 Å². The van der Waals surface area contributed by atoms with Crippen molar-refractivity contribution in [2.75, 3.05) is 31.5 Å². The number of nitrogens with zero attached hydrogens (tertiary/aromatic N) is 3. The van der Waals surface area contributed by atoms with Gasteiger partial charge in [-0.1, -0.05) is 6.07 Å². The molecule has 26 heavy (non-hydrogen) atoms. The highest BCUT2D eigenvalue weighted by Crippen LogP contribution is 2.28. The molecule has 0 spiro atoms. The van der Waals surface area contributed by atoms with Crippen molar-refractivity contribution in [2.24, 2.45) is 5.73 Å². The number of amides is 1. The van der Waals surface area contributed by atoms with Gasteiger partial charge in [-0.2, -0.15) is 0 Å². The van der Waals surface area contributed by atoms with Crippen LogP contribution in [0.15, 0.2) is 23.7 Å². The van der Waals surface area contributed by atoms with Crippen LogP contribution < -0.4 is 11.1 Å². The van der Waals surface area contributed by atoms with Gasteiger partial charge < -0.3 is 16.0 Å². The molecule has 1 amide bonds. The fourth-order valence-corrected chi connectivity index (χ4v) is 4.60. The number of benzene rings is 1. The largest absolute Gasteiger partial charge is 0.381 e. The van der Waals surface area contributed by atoms with Crippen LogP contribution in [0.25, 0.3) is 10.2 Å². The first-order valence-electron chi connectivity index (χ1n) is 9.10. The number of rotatable bonds is 4. The van der Waals surface area contributed by atoms with Crippen LogP contribution in [0.2, 0.25) is 0 Å². The van der Waals surface area contributed by atoms with E-state index in [0.29, 0.717) is 12.6 Å². The Labute approximate surface area is 156 Å². The molecule has 2 fully saturated rings. The molecule has 0 radical (unpaired) electrons. The molecule has 2 saturated heterocycles. The number of nitrogens with one attached hydrogen (secondary N) is 1. The molecule has 6 nitrogen and oxygen atoms in total. The molecule has 3 N–H and O–H groups in total. The van der Waals surface area contributed by atoms with Crippen LogP contribution in [0.3, 0.4) is 0 Å². The summed E-state index contributed by atoms with van der Waals surface area (Å²) in [5.74, 6) is -0.0570. The smallest absolute Gasteiger partial charge is 0.238 e. The summed E-state index contributed by atoms with van der Waals surface area (Å²) in [6, 6.07) is 6.53. The summed E-state index contributed by atoms with van der Waals surface area (Å²) in [5.41, 5.74) is 9.88. The van der Waals surface area contributed by atoms with E-state index in [1.54, 1.807) is 11.3 Å². The number of hydrogen-bond donors (Lipinski definition) is 2. The first-order chi connectivity index (χ1) is 12.6. The number of alkyl halides is 1. The van der Waals surface area contributed by atoms with Gasteiger partial charge in [0.1, 0.15) is 6.17 Å². The monoisotopic (exact) mass is 377 g/mol. The molecule has 1 aromatic heterocycles. The zero-order chi connectivity index (χ0) is 18.1. The number of likely N-dealkylation sites (tertiary alicyclic amines) is 2. The van der Waals surface area contributed by atoms with Crippen molar-refractivity contribution in [1.82, 2.24) is 14.8 Å². The Balaban J connectivity index is 1.29. The molecular formula is C18H24FN5OS. The molecule has 4 rings (SSSR count). The standard InChI is InChI=1S/C18H24FN5OS/c19-12-8-16(20)24(9-12)17(25)10-23-6-4-13(5-7-23)22-15-3-1-2-14-18(15)26-11-21-14/h1-3,11-13,16,22H,4-10,20H2/t12-,16-/m0/s1. The Hall–Kier alpha value is -1.77. The molecule has 2 aliphatic rings. The van der Waals surface area contributed by atoms with Crippen LogP contribution in [0, 0.1) is 0 Å². The highest BCUT2D eigenvalue weighted by molar-refractivity contribution is 7.17. The Morgan fingerprint density at radius 3 is 2.92 bits per heavy atom. The summed E-state index contributed by atoms with van der Waals surface area (Å²) in [7, 11) is 0. The third-order valence-electron chi connectivity index (χ3n) is 5.28. The van der Waals surface area contributed by atoms with Gasteiger partial charge in [0, 0.05) is 25.6 Å². The first kappa shape index (κ1) is 17.6. The highest BCUT2D eigenvalue weighted by Gasteiger charge is 2.33. The van der Waals surface area contributed by atoms with Gasteiger partial charge >= 0.3 is 0 Å². The molecule has 2 aliphatic heterocycles. The Bertz CT molecular complexity index is 776. The number of thiazole rings is 1. The number of halogens is 1. The van der Waals surface area contributed by atoms with E-state index in [2.05, 4.69) is 21.3 Å². The van der Waals surface area contributed by atoms with Crippen molar-refractivity contribution in [1.29, 1.82) is 0 Å². The lowest BCUT2D eigenvalue weighted by Gasteiger charge is -2.33. The molecule has 3 heterocycles. The zero-order valence-electron chi connectivity index (χ0n) is 14.6. The summed E-state index contributed by atoms with van der Waals surface area (Å²) in [4.78, 5) is 20.4. The number of carbonyl (C=O) groups excluding carboxylic acids is 1. The van der Waals surface area contributed by atoms with E-state index in [9.17, 15) is 9.18 Å². The minimum Gasteiger partial charge on any atom is -0.381 e. The molecule has 0 unspecified atom stereocenters. The lowest BCUT2D eigenvalue weighted by atomic mass is 10.0. The molecular weight excluding hydrogens is 353 g/mol. The SMILES string of the molecule is N[C@@H]1C[C@H](F)CN1C(=O)CN1CCC(Nc2cccc3ncsc23)CC1. The van der Waals surface area contributed by atoms with E-state index in [0.717, 1.165) is 37.1 Å². The summed E-state index contributed by atoms with van der Waals surface area (Å²) in [6.07, 6.45) is 0.733. The van der Waals surface area contributed by atoms with E-state index in [1.807, 2.05) is 17.6 Å². The maximum atomic E-state index is 13.4. The third kappa shape index (κ3) is 3.67. The molecule has 2 aromatic rings. The number of hydrogen-bond acceptors (Lipinski definition) is 6. The summed E-state index contributed by atoms with van der Waals surface area (Å²) in [6.45, 7) is 2.17. The van der Waals surface area contributed by atoms with Gasteiger partial charge in [-0.25, -0.2) is 9.37 Å². The van der Waals surface area contributed by atoms with E-state index in [4.69, 9.17) is 5.73 Å². The molecule has 140 valence electrons. The Morgan fingerprint density at radius 1 is 1.38 bits per heavy atom. The quantitative estimate of drug-likeness (QED) is 0.853. The van der Waals surface area contributed by atoms with E-state index >= 15 is 0 Å². The predicted octanol–water partition coefficient (Wildman–Crippen LogP) is 2.03. The third-order valence-corrected chi connectivity index (χ3v) is 6.15. The van der Waals surface area contributed by atoms with Crippen molar-refractivity contribution < 1.29 is 9.18 Å². The van der Waals surface area contributed by atoms with E-state index < -0.39 is 12.3 Å². The molecule has 0 bridgehead atoms. The molecule has 2 atom stereocenters. The second-order valence-electron chi connectivity index (χ2n) is 7.15. The van der Waals surface area contributed by atoms with Gasteiger partial charge in [0.05, 0.1) is 40.7 Å². The average molecular weight is 377 g/mol. The van der Waals surface area contributed by atoms with Gasteiger partial charge in [0.15, 0.2) is 0 Å². The van der Waals surface area contributed by atoms with Crippen molar-refractivity contribution in [2.45, 2.75) is 37.6 Å². The van der Waals surface area contributed by atoms with E-state index in [-0.39, 0.29) is 18.9 Å². The maximum Gasteiger partial charge on any atom is 0.238 e.